The van der Waals surface area contributed by atoms with Gasteiger partial charge in [-0.05, 0) is 24.1 Å². The molecule has 0 amide bonds. The van der Waals surface area contributed by atoms with Crippen molar-refractivity contribution in [2.75, 3.05) is 0 Å². The van der Waals surface area contributed by atoms with E-state index in [2.05, 4.69) is 15.9 Å². The normalized spacial score (nSPS) is 12.1. The second kappa shape index (κ2) is 5.07. The zero-order valence-electron chi connectivity index (χ0n) is 8.33. The van der Waals surface area contributed by atoms with E-state index in [1.54, 1.807) is 0 Å². The molecule has 1 aromatic rings. The predicted octanol–water partition coefficient (Wildman–Crippen LogP) is 3.05. The molecule has 0 fully saturated rings. The van der Waals surface area contributed by atoms with Crippen LogP contribution in [0.15, 0.2) is 28.7 Å². The fourth-order valence-electron chi connectivity index (χ4n) is 1.45. The quantitative estimate of drug-likeness (QED) is 0.826. The lowest BCUT2D eigenvalue weighted by Crippen LogP contribution is -2.20. The number of halogens is 1. The number of carbonyl (C=O) groups is 1. The lowest BCUT2D eigenvalue weighted by molar-refractivity contribution is -0.129. The van der Waals surface area contributed by atoms with E-state index in [0.717, 1.165) is 10.0 Å². The zero-order chi connectivity index (χ0) is 11.4. The summed E-state index contributed by atoms with van der Waals surface area (Å²) in [4.78, 5) is 10.7. The van der Waals surface area contributed by atoms with Gasteiger partial charge in [-0.1, -0.05) is 35.0 Å². The first-order chi connectivity index (χ1) is 7.06. The highest BCUT2D eigenvalue weighted by Crippen LogP contribution is 2.22. The van der Waals surface area contributed by atoms with E-state index in [0.29, 0.717) is 6.42 Å². The monoisotopic (exact) mass is 269 g/mol. The molecule has 1 rings (SSSR count). The van der Waals surface area contributed by atoms with E-state index in [1.807, 2.05) is 31.2 Å². The van der Waals surface area contributed by atoms with Crippen LogP contribution >= 0.6 is 15.9 Å². The van der Waals surface area contributed by atoms with E-state index in [1.165, 1.54) is 0 Å². The average molecular weight is 270 g/mol. The van der Waals surface area contributed by atoms with Gasteiger partial charge in [-0.3, -0.25) is 5.41 Å². The average Bonchev–Trinajstić information content (AvgIpc) is 2.21. The van der Waals surface area contributed by atoms with Crippen LogP contribution in [0.5, 0.6) is 0 Å². The van der Waals surface area contributed by atoms with Crippen molar-refractivity contribution in [1.29, 1.82) is 5.41 Å². The Morgan fingerprint density at radius 1 is 1.47 bits per heavy atom. The van der Waals surface area contributed by atoms with Crippen LogP contribution in [0.1, 0.15) is 24.8 Å². The Kier molecular flexibility index (Phi) is 4.03. The summed E-state index contributed by atoms with van der Waals surface area (Å²) >= 11 is 3.31. The third-order valence-corrected chi connectivity index (χ3v) is 2.79. The minimum absolute atomic E-state index is 0.250. The number of hydrogen-bond donors (Lipinski definition) is 2. The summed E-state index contributed by atoms with van der Waals surface area (Å²) in [5.41, 5.74) is 0.618. The molecule has 1 atom stereocenters. The lowest BCUT2D eigenvalue weighted by atomic mass is 9.92. The Morgan fingerprint density at radius 2 is 2.00 bits per heavy atom. The summed E-state index contributed by atoms with van der Waals surface area (Å²) < 4.78 is 0.947. The van der Waals surface area contributed by atoms with Crippen molar-refractivity contribution < 1.29 is 9.90 Å². The molecule has 3 nitrogen and oxygen atoms in total. The first-order valence-corrected chi connectivity index (χ1v) is 5.42. The fourth-order valence-corrected chi connectivity index (χ4v) is 1.71. The minimum atomic E-state index is -1.15. The van der Waals surface area contributed by atoms with Gasteiger partial charge in [-0.25, -0.2) is 4.79 Å². The van der Waals surface area contributed by atoms with Gasteiger partial charge in [0.2, 0.25) is 0 Å². The minimum Gasteiger partial charge on any atom is -0.477 e. The third-order valence-electron chi connectivity index (χ3n) is 2.26. The van der Waals surface area contributed by atoms with Gasteiger partial charge in [0.25, 0.3) is 0 Å². The van der Waals surface area contributed by atoms with E-state index in [9.17, 15) is 4.79 Å². The Labute approximate surface area is 96.8 Å². The van der Waals surface area contributed by atoms with Gasteiger partial charge in [0.1, 0.15) is 5.71 Å². The highest BCUT2D eigenvalue weighted by atomic mass is 79.9. The second-order valence-electron chi connectivity index (χ2n) is 3.23. The van der Waals surface area contributed by atoms with E-state index in [4.69, 9.17) is 10.5 Å². The van der Waals surface area contributed by atoms with Crippen molar-refractivity contribution in [2.45, 2.75) is 19.3 Å². The largest absolute Gasteiger partial charge is 0.477 e. The van der Waals surface area contributed by atoms with Crippen molar-refractivity contribution in [2.24, 2.45) is 0 Å². The molecule has 0 spiro atoms. The Morgan fingerprint density at radius 3 is 2.40 bits per heavy atom. The maximum absolute atomic E-state index is 10.7. The highest BCUT2D eigenvalue weighted by molar-refractivity contribution is 9.10. The molecule has 2 N–H and O–H groups in total. The number of carboxylic acids is 1. The summed E-state index contributed by atoms with van der Waals surface area (Å²) in [7, 11) is 0. The summed E-state index contributed by atoms with van der Waals surface area (Å²) in [6.45, 7) is 1.88. The first kappa shape index (κ1) is 11.9. The van der Waals surface area contributed by atoms with Crippen molar-refractivity contribution in [3.05, 3.63) is 34.3 Å². The van der Waals surface area contributed by atoms with E-state index < -0.39 is 5.97 Å². The molecule has 1 aromatic carbocycles. The molecule has 4 heteroatoms. The maximum atomic E-state index is 10.7. The van der Waals surface area contributed by atoms with Crippen molar-refractivity contribution in [3.8, 4) is 0 Å². The molecule has 0 bridgehead atoms. The van der Waals surface area contributed by atoms with Gasteiger partial charge in [-0.2, -0.15) is 0 Å². The Bertz CT molecular complexity index is 373. The number of hydrogen-bond acceptors (Lipinski definition) is 2. The van der Waals surface area contributed by atoms with Crippen LogP contribution in [0.4, 0.5) is 0 Å². The molecule has 0 aliphatic heterocycles. The standard InChI is InChI=1S/C11H12BrNO2/c1-2-9(10(13)11(14)15)7-3-5-8(12)6-4-7/h3-6,9,13H,2H2,1H3,(H,14,15). The van der Waals surface area contributed by atoms with Gasteiger partial charge in [-0.15, -0.1) is 0 Å². The molecule has 0 saturated carbocycles. The van der Waals surface area contributed by atoms with Crippen molar-refractivity contribution >= 4 is 27.6 Å². The SMILES string of the molecule is CCC(C(=N)C(=O)O)c1ccc(Br)cc1. The van der Waals surface area contributed by atoms with Crippen LogP contribution in [-0.4, -0.2) is 16.8 Å². The lowest BCUT2D eigenvalue weighted by Gasteiger charge is -2.13. The van der Waals surface area contributed by atoms with Gasteiger partial charge in [0, 0.05) is 10.4 Å². The van der Waals surface area contributed by atoms with Crippen LogP contribution in [0, 0.1) is 5.41 Å². The first-order valence-electron chi connectivity index (χ1n) is 4.63. The number of nitrogens with one attached hydrogen (secondary N) is 1. The molecule has 0 aliphatic rings. The van der Waals surface area contributed by atoms with Crippen LogP contribution in [0.25, 0.3) is 0 Å². The van der Waals surface area contributed by atoms with E-state index >= 15 is 0 Å². The van der Waals surface area contributed by atoms with Crippen LogP contribution in [0.3, 0.4) is 0 Å². The molecule has 80 valence electrons. The molecule has 0 heterocycles. The van der Waals surface area contributed by atoms with Gasteiger partial charge >= 0.3 is 5.97 Å². The Hall–Kier alpha value is -1.16. The van der Waals surface area contributed by atoms with E-state index in [-0.39, 0.29) is 11.6 Å². The van der Waals surface area contributed by atoms with Crippen LogP contribution in [-0.2, 0) is 4.79 Å². The highest BCUT2D eigenvalue weighted by Gasteiger charge is 2.20. The number of benzene rings is 1. The van der Waals surface area contributed by atoms with Crippen molar-refractivity contribution in [3.63, 3.8) is 0 Å². The van der Waals surface area contributed by atoms with Crippen LogP contribution in [0.2, 0.25) is 0 Å². The number of rotatable bonds is 4. The van der Waals surface area contributed by atoms with Gasteiger partial charge in [0.15, 0.2) is 0 Å². The maximum Gasteiger partial charge on any atom is 0.350 e. The fraction of sp³-hybridized carbons (Fsp3) is 0.273. The topological polar surface area (TPSA) is 61.2 Å². The summed E-state index contributed by atoms with van der Waals surface area (Å²) in [6.07, 6.45) is 0.618. The molecule has 15 heavy (non-hydrogen) atoms. The smallest absolute Gasteiger partial charge is 0.350 e. The van der Waals surface area contributed by atoms with Gasteiger partial charge in [0.05, 0.1) is 0 Å². The summed E-state index contributed by atoms with van der Waals surface area (Å²) in [5.74, 6) is -1.47. The molecule has 1 unspecified atom stereocenters. The molecular weight excluding hydrogens is 258 g/mol. The molecule has 0 radical (unpaired) electrons. The summed E-state index contributed by atoms with van der Waals surface area (Å²) in [6, 6.07) is 7.39. The molecule has 0 aromatic heterocycles. The number of carboxylic acid groups (broad SMARTS) is 1. The van der Waals surface area contributed by atoms with Crippen LogP contribution < -0.4 is 0 Å². The second-order valence-corrected chi connectivity index (χ2v) is 4.15. The molecule has 0 saturated heterocycles. The third kappa shape index (κ3) is 2.89. The number of aliphatic carboxylic acids is 1. The van der Waals surface area contributed by atoms with Gasteiger partial charge < -0.3 is 5.11 Å². The van der Waals surface area contributed by atoms with Crippen molar-refractivity contribution in [1.82, 2.24) is 0 Å². The molecule has 0 aliphatic carbocycles. The predicted molar refractivity (Wildman–Crippen MR) is 62.5 cm³/mol. The zero-order valence-corrected chi connectivity index (χ0v) is 9.91. The Balaban J connectivity index is 2.97. The molecular formula is C11H12BrNO2. The summed E-state index contributed by atoms with van der Waals surface area (Å²) in [5, 5.41) is 16.2.